The Hall–Kier alpha value is -3.64. The van der Waals surface area contributed by atoms with Crippen LogP contribution in [0.2, 0.25) is 0 Å². The van der Waals surface area contributed by atoms with Gasteiger partial charge in [0.2, 0.25) is 11.8 Å². The van der Waals surface area contributed by atoms with E-state index in [-0.39, 0.29) is 44.9 Å². The smallest absolute Gasteiger partial charge is 0.249 e. The Labute approximate surface area is 289 Å². The Morgan fingerprint density at radius 2 is 1.84 bits per heavy atom. The number of aliphatic hydroxyl groups excluding tert-OH is 3. The third kappa shape index (κ3) is 7.90. The number of ether oxygens (including phenoxy) is 4. The molecule has 5 rings (SSSR count). The van der Waals surface area contributed by atoms with E-state index < -0.39 is 30.1 Å². The number of hydrogen-bond donors (Lipinski definition) is 4. The summed E-state index contributed by atoms with van der Waals surface area (Å²) < 4.78 is 24.0. The minimum atomic E-state index is -1.23. The number of para-hydroxylation sites is 1. The van der Waals surface area contributed by atoms with Crippen molar-refractivity contribution in [3.63, 3.8) is 0 Å². The molecule has 0 radical (unpaired) electrons. The minimum Gasteiger partial charge on any atom is -0.496 e. The number of nitrogens with one attached hydrogen (secondary N) is 1. The molecule has 11 nitrogen and oxygen atoms in total. The first-order chi connectivity index (χ1) is 23.6. The quantitative estimate of drug-likeness (QED) is 0.236. The number of benzene rings is 2. The molecule has 0 unspecified atom stereocenters. The second-order valence-corrected chi connectivity index (χ2v) is 13.8. The summed E-state index contributed by atoms with van der Waals surface area (Å²) in [5.74, 6) is 1.23. The van der Waals surface area contributed by atoms with Gasteiger partial charge < -0.3 is 44.5 Å². The maximum Gasteiger partial charge on any atom is 0.249 e. The Balaban J connectivity index is 1.52. The molecule has 2 amide bonds. The molecular formula is C38H52N2O9. The van der Waals surface area contributed by atoms with Gasteiger partial charge in [-0.15, -0.1) is 0 Å². The van der Waals surface area contributed by atoms with Crippen LogP contribution < -0.4 is 19.5 Å². The number of carbonyl (C=O) groups is 2. The molecule has 0 spiro atoms. The summed E-state index contributed by atoms with van der Waals surface area (Å²) in [4.78, 5) is 29.6. The highest BCUT2D eigenvalue weighted by atomic mass is 16.5. The Kier molecular flexibility index (Phi) is 12.2. The predicted octanol–water partition coefficient (Wildman–Crippen LogP) is 3.37. The van der Waals surface area contributed by atoms with Gasteiger partial charge in [-0.2, -0.15) is 0 Å². The molecule has 1 aliphatic heterocycles. The summed E-state index contributed by atoms with van der Waals surface area (Å²) >= 11 is 0. The first kappa shape index (κ1) is 36.6. The average Bonchev–Trinajstić information content (AvgIpc) is 3.50. The number of hydrogen-bond acceptors (Lipinski definition) is 9. The first-order valence-electron chi connectivity index (χ1n) is 17.4. The van der Waals surface area contributed by atoms with Crippen molar-refractivity contribution in [3.05, 3.63) is 64.7 Å². The van der Waals surface area contributed by atoms with Crippen LogP contribution in [-0.2, 0) is 27.4 Å². The molecule has 0 aromatic heterocycles. The van der Waals surface area contributed by atoms with E-state index in [1.165, 1.54) is 7.11 Å². The SMILES string of the molecule is COc1ccccc1CCN(C(=O)CO[C@H]1C[C@@H](C)CC[C@@H]1C(C)C)[C@@H]1C=C(C(=O)NCCO)[C@@H]2c3cc(CO)cc(OC)c3O[C@@H]2[C@H]1O. The molecule has 7 atom stereocenters. The number of amides is 2. The Bertz CT molecular complexity index is 1490. The third-order valence-corrected chi connectivity index (χ3v) is 10.4. The molecule has 1 saturated carbocycles. The largest absolute Gasteiger partial charge is 0.496 e. The second kappa shape index (κ2) is 16.4. The molecule has 11 heteroatoms. The van der Waals surface area contributed by atoms with Gasteiger partial charge in [-0.1, -0.05) is 45.4 Å². The predicted molar refractivity (Wildman–Crippen MR) is 184 cm³/mol. The zero-order chi connectivity index (χ0) is 35.2. The zero-order valence-electron chi connectivity index (χ0n) is 29.3. The molecule has 49 heavy (non-hydrogen) atoms. The summed E-state index contributed by atoms with van der Waals surface area (Å²) in [5, 5.41) is 34.3. The van der Waals surface area contributed by atoms with Crippen molar-refractivity contribution in [3.8, 4) is 17.2 Å². The molecule has 2 aromatic rings. The van der Waals surface area contributed by atoms with E-state index in [9.17, 15) is 24.9 Å². The molecular weight excluding hydrogens is 628 g/mol. The summed E-state index contributed by atoms with van der Waals surface area (Å²) in [6.45, 7) is 6.16. The van der Waals surface area contributed by atoms with Crippen LogP contribution >= 0.6 is 0 Å². The van der Waals surface area contributed by atoms with Crippen LogP contribution in [-0.4, -0.2) is 96.9 Å². The van der Waals surface area contributed by atoms with Gasteiger partial charge in [0.05, 0.1) is 45.5 Å². The number of carbonyl (C=O) groups excluding carboxylic acids is 2. The standard InChI is InChI=1S/C38H52N2O9/c1-22(2)26-11-10-23(3)16-31(26)48-21-33(43)40(14-12-25-8-6-7-9-30(25)46-4)29-19-28(38(45)39-13-15-41)34-27-17-24(20-42)18-32(47-5)36(27)49-37(34)35(29)44/h6-9,17-19,22-23,26,29,31,34-35,37,41-42,44H,10-16,20-21H2,1-5H3,(H,39,45)/t23-,26+,29+,31-,34-,35-,37-/m0/s1. The highest BCUT2D eigenvalue weighted by Gasteiger charge is 2.51. The van der Waals surface area contributed by atoms with Gasteiger partial charge in [-0.25, -0.2) is 0 Å². The lowest BCUT2D eigenvalue weighted by Crippen LogP contribution is -2.57. The maximum atomic E-state index is 14.3. The topological polar surface area (TPSA) is 147 Å². The van der Waals surface area contributed by atoms with E-state index in [0.29, 0.717) is 58.1 Å². The van der Waals surface area contributed by atoms with Gasteiger partial charge in [-0.3, -0.25) is 9.59 Å². The van der Waals surface area contributed by atoms with Crippen molar-refractivity contribution >= 4 is 11.8 Å². The van der Waals surface area contributed by atoms with E-state index in [1.54, 1.807) is 30.2 Å². The normalized spacial score (nSPS) is 25.9. The average molecular weight is 681 g/mol. The molecule has 2 aromatic carbocycles. The van der Waals surface area contributed by atoms with Gasteiger partial charge in [0.15, 0.2) is 11.5 Å². The number of methoxy groups -OCH3 is 2. The highest BCUT2D eigenvalue weighted by Crippen LogP contribution is 2.51. The van der Waals surface area contributed by atoms with Gasteiger partial charge >= 0.3 is 0 Å². The molecule has 0 bridgehead atoms. The van der Waals surface area contributed by atoms with Crippen LogP contribution in [0.25, 0.3) is 0 Å². The van der Waals surface area contributed by atoms with E-state index >= 15 is 0 Å². The highest BCUT2D eigenvalue weighted by molar-refractivity contribution is 5.96. The first-order valence-corrected chi connectivity index (χ1v) is 17.4. The molecule has 2 aliphatic carbocycles. The summed E-state index contributed by atoms with van der Waals surface area (Å²) in [6, 6.07) is 10.1. The fourth-order valence-electron chi connectivity index (χ4n) is 7.78. The third-order valence-electron chi connectivity index (χ3n) is 10.4. The molecule has 0 saturated heterocycles. The van der Waals surface area contributed by atoms with Gasteiger partial charge in [0, 0.05) is 24.2 Å². The zero-order valence-corrected chi connectivity index (χ0v) is 29.3. The van der Waals surface area contributed by atoms with Crippen molar-refractivity contribution in [2.45, 2.75) is 83.3 Å². The van der Waals surface area contributed by atoms with E-state index in [1.807, 2.05) is 24.3 Å². The van der Waals surface area contributed by atoms with Crippen molar-refractivity contribution in [1.82, 2.24) is 10.2 Å². The minimum absolute atomic E-state index is 0.0234. The number of fused-ring (bicyclic) bond motifs is 3. The van der Waals surface area contributed by atoms with Crippen molar-refractivity contribution in [2.75, 3.05) is 40.5 Å². The van der Waals surface area contributed by atoms with Crippen LogP contribution in [0.4, 0.5) is 0 Å². The summed E-state index contributed by atoms with van der Waals surface area (Å²) in [7, 11) is 3.09. The van der Waals surface area contributed by atoms with Gasteiger partial charge in [-0.05, 0) is 72.4 Å². The molecule has 3 aliphatic rings. The van der Waals surface area contributed by atoms with E-state index in [4.69, 9.17) is 18.9 Å². The molecule has 4 N–H and O–H groups in total. The number of aliphatic hydroxyl groups is 3. The van der Waals surface area contributed by atoms with Crippen LogP contribution in [0.3, 0.4) is 0 Å². The molecule has 268 valence electrons. The van der Waals surface area contributed by atoms with Crippen LogP contribution in [0.15, 0.2) is 48.0 Å². The summed E-state index contributed by atoms with van der Waals surface area (Å²) in [5.41, 5.74) is 2.34. The molecule has 1 fully saturated rings. The summed E-state index contributed by atoms with van der Waals surface area (Å²) in [6.07, 6.45) is 2.92. The van der Waals surface area contributed by atoms with Crippen molar-refractivity contribution in [2.24, 2.45) is 17.8 Å². The maximum absolute atomic E-state index is 14.3. The lowest BCUT2D eigenvalue weighted by molar-refractivity contribution is -0.147. The Morgan fingerprint density at radius 1 is 1.08 bits per heavy atom. The lowest BCUT2D eigenvalue weighted by atomic mass is 9.75. The van der Waals surface area contributed by atoms with Crippen LogP contribution in [0.1, 0.15) is 62.6 Å². The van der Waals surface area contributed by atoms with Gasteiger partial charge in [0.25, 0.3) is 0 Å². The Morgan fingerprint density at radius 3 is 2.53 bits per heavy atom. The van der Waals surface area contributed by atoms with Crippen molar-refractivity contribution < 1.29 is 43.9 Å². The van der Waals surface area contributed by atoms with Crippen molar-refractivity contribution in [1.29, 1.82) is 0 Å². The number of nitrogens with zero attached hydrogens (tertiary/aromatic N) is 1. The fraction of sp³-hybridized carbons (Fsp3) is 0.579. The second-order valence-electron chi connectivity index (χ2n) is 13.8. The van der Waals surface area contributed by atoms with Crippen LogP contribution in [0.5, 0.6) is 17.2 Å². The van der Waals surface area contributed by atoms with E-state index in [0.717, 1.165) is 24.8 Å². The van der Waals surface area contributed by atoms with Gasteiger partial charge in [0.1, 0.15) is 24.6 Å². The molecule has 1 heterocycles. The number of rotatable bonds is 14. The van der Waals surface area contributed by atoms with E-state index in [2.05, 4.69) is 26.1 Å². The fourth-order valence-corrected chi connectivity index (χ4v) is 7.78. The van der Waals surface area contributed by atoms with Crippen LogP contribution in [0, 0.1) is 17.8 Å². The lowest BCUT2D eigenvalue weighted by Gasteiger charge is -2.41. The monoisotopic (exact) mass is 680 g/mol.